The Kier molecular flexibility index (Phi) is 9.01. The molecule has 0 N–H and O–H groups in total. The number of amides is 2. The minimum absolute atomic E-state index is 0.00113. The van der Waals surface area contributed by atoms with E-state index in [-0.39, 0.29) is 36.8 Å². The highest BCUT2D eigenvalue weighted by Gasteiger charge is 2.19. The molecule has 0 saturated carbocycles. The molecule has 0 bridgehead atoms. The zero-order valence-electron chi connectivity index (χ0n) is 15.5. The highest BCUT2D eigenvalue weighted by atomic mass is 16.7. The SMILES string of the molecule is CN(OC(=O)c1cccc(C(=O)ON(C)C(=O)CCC=O)c1)C(=O)CCC=O. The predicted octanol–water partition coefficient (Wildman–Crippen LogP) is 0.705. The summed E-state index contributed by atoms with van der Waals surface area (Å²) >= 11 is 0. The highest BCUT2D eigenvalue weighted by Crippen LogP contribution is 2.11. The topological polar surface area (TPSA) is 127 Å². The maximum atomic E-state index is 12.1. The molecule has 1 rings (SSSR count). The second kappa shape index (κ2) is 11.2. The van der Waals surface area contributed by atoms with Crippen LogP contribution in [0.4, 0.5) is 0 Å². The fraction of sp³-hybridized carbons (Fsp3) is 0.333. The van der Waals surface area contributed by atoms with E-state index in [4.69, 9.17) is 9.68 Å². The van der Waals surface area contributed by atoms with Gasteiger partial charge < -0.3 is 19.3 Å². The molecule has 0 heterocycles. The summed E-state index contributed by atoms with van der Waals surface area (Å²) in [5.74, 6) is -2.92. The Balaban J connectivity index is 2.74. The Morgan fingerprint density at radius 1 is 0.821 bits per heavy atom. The number of hydrogen-bond acceptors (Lipinski definition) is 8. The third-order valence-electron chi connectivity index (χ3n) is 3.43. The largest absolute Gasteiger partial charge is 0.363 e. The average molecular weight is 392 g/mol. The molecule has 0 aliphatic carbocycles. The van der Waals surface area contributed by atoms with Gasteiger partial charge in [0, 0.05) is 39.8 Å². The standard InChI is InChI=1S/C18H20N2O8/c1-19(15(23)8-4-10-21)27-17(25)13-6-3-7-14(12-13)18(26)28-20(2)16(24)9-5-11-22/h3,6-7,10-12H,4-5,8-9H2,1-2H3. The first-order chi connectivity index (χ1) is 13.3. The maximum Gasteiger partial charge on any atom is 0.363 e. The third-order valence-corrected chi connectivity index (χ3v) is 3.43. The summed E-state index contributed by atoms with van der Waals surface area (Å²) in [6.07, 6.45) is 0.934. The van der Waals surface area contributed by atoms with Gasteiger partial charge in [0.05, 0.1) is 11.1 Å². The normalized spacial score (nSPS) is 9.79. The summed E-state index contributed by atoms with van der Waals surface area (Å²) < 4.78 is 0. The Hall–Kier alpha value is -3.56. The van der Waals surface area contributed by atoms with Crippen LogP contribution in [0.25, 0.3) is 0 Å². The minimum Gasteiger partial charge on any atom is -0.333 e. The average Bonchev–Trinajstić information content (AvgIpc) is 2.69. The number of carbonyl (C=O) groups excluding carboxylic acids is 6. The minimum atomic E-state index is -0.896. The zero-order chi connectivity index (χ0) is 21.1. The van der Waals surface area contributed by atoms with Gasteiger partial charge in [0.25, 0.3) is 11.8 Å². The second-order valence-corrected chi connectivity index (χ2v) is 5.53. The van der Waals surface area contributed by atoms with Gasteiger partial charge in [0.1, 0.15) is 12.6 Å². The van der Waals surface area contributed by atoms with E-state index in [0.717, 1.165) is 0 Å². The lowest BCUT2D eigenvalue weighted by molar-refractivity contribution is -0.161. The quantitative estimate of drug-likeness (QED) is 0.467. The summed E-state index contributed by atoms with van der Waals surface area (Å²) in [6.45, 7) is 0. The van der Waals surface area contributed by atoms with Crippen molar-refractivity contribution in [1.82, 2.24) is 10.1 Å². The number of nitrogens with zero attached hydrogens (tertiary/aromatic N) is 2. The molecule has 0 unspecified atom stereocenters. The van der Waals surface area contributed by atoms with Crippen LogP contribution in [-0.4, -0.2) is 60.5 Å². The first-order valence-corrected chi connectivity index (χ1v) is 8.25. The van der Waals surface area contributed by atoms with Crippen molar-refractivity contribution in [2.24, 2.45) is 0 Å². The smallest absolute Gasteiger partial charge is 0.333 e. The Morgan fingerprint density at radius 3 is 1.57 bits per heavy atom. The van der Waals surface area contributed by atoms with Gasteiger partial charge >= 0.3 is 11.9 Å². The molecule has 0 aliphatic heterocycles. The Morgan fingerprint density at radius 2 is 1.21 bits per heavy atom. The molecular weight excluding hydrogens is 372 g/mol. The molecule has 0 fully saturated rings. The first kappa shape index (κ1) is 22.5. The maximum absolute atomic E-state index is 12.1. The summed E-state index contributed by atoms with van der Waals surface area (Å²) in [5, 5.41) is 1.41. The number of aldehydes is 2. The van der Waals surface area contributed by atoms with Crippen LogP contribution < -0.4 is 0 Å². The third kappa shape index (κ3) is 6.98. The summed E-state index contributed by atoms with van der Waals surface area (Å²) in [4.78, 5) is 77.9. The van der Waals surface area contributed by atoms with Crippen molar-refractivity contribution in [3.05, 3.63) is 35.4 Å². The Labute approximate surface area is 160 Å². The molecule has 150 valence electrons. The van der Waals surface area contributed by atoms with E-state index in [1.54, 1.807) is 0 Å². The summed E-state index contributed by atoms with van der Waals surface area (Å²) in [5.41, 5.74) is -0.0566. The number of carbonyl (C=O) groups is 6. The van der Waals surface area contributed by atoms with Crippen LogP contribution >= 0.6 is 0 Å². The molecule has 10 nitrogen and oxygen atoms in total. The van der Waals surface area contributed by atoms with Crippen LogP contribution in [0.2, 0.25) is 0 Å². The molecule has 10 heteroatoms. The lowest BCUT2D eigenvalue weighted by Crippen LogP contribution is -2.30. The number of hydrogen-bond donors (Lipinski definition) is 0. The summed E-state index contributed by atoms with van der Waals surface area (Å²) in [7, 11) is 2.45. The molecule has 0 aliphatic rings. The van der Waals surface area contributed by atoms with Crippen molar-refractivity contribution in [1.29, 1.82) is 0 Å². The van der Waals surface area contributed by atoms with Gasteiger partial charge in [0.2, 0.25) is 0 Å². The number of rotatable bonds is 8. The predicted molar refractivity (Wildman–Crippen MR) is 93.4 cm³/mol. The van der Waals surface area contributed by atoms with Crippen molar-refractivity contribution in [2.45, 2.75) is 25.7 Å². The van der Waals surface area contributed by atoms with E-state index in [1.165, 1.54) is 38.4 Å². The van der Waals surface area contributed by atoms with Gasteiger partial charge in [-0.1, -0.05) is 6.07 Å². The van der Waals surface area contributed by atoms with Crippen LogP contribution in [0.15, 0.2) is 24.3 Å². The molecular formula is C18H20N2O8. The lowest BCUT2D eigenvalue weighted by atomic mass is 10.1. The molecule has 1 aromatic rings. The number of benzene rings is 1. The molecule has 0 saturated heterocycles. The lowest BCUT2D eigenvalue weighted by Gasteiger charge is -2.17. The van der Waals surface area contributed by atoms with Crippen molar-refractivity contribution in [3.8, 4) is 0 Å². The van der Waals surface area contributed by atoms with Crippen LogP contribution in [0.5, 0.6) is 0 Å². The van der Waals surface area contributed by atoms with Gasteiger partial charge in [-0.2, -0.15) is 10.1 Å². The fourth-order valence-corrected chi connectivity index (χ4v) is 1.91. The molecule has 28 heavy (non-hydrogen) atoms. The molecule has 1 aromatic carbocycles. The number of hydroxylamine groups is 4. The van der Waals surface area contributed by atoms with Crippen LogP contribution in [0.1, 0.15) is 46.4 Å². The van der Waals surface area contributed by atoms with E-state index < -0.39 is 23.8 Å². The summed E-state index contributed by atoms with van der Waals surface area (Å²) in [6, 6.07) is 5.30. The van der Waals surface area contributed by atoms with E-state index >= 15 is 0 Å². The monoisotopic (exact) mass is 392 g/mol. The van der Waals surface area contributed by atoms with Crippen LogP contribution in [0.3, 0.4) is 0 Å². The van der Waals surface area contributed by atoms with Gasteiger partial charge in [0.15, 0.2) is 0 Å². The molecule has 0 aromatic heterocycles. The highest BCUT2D eigenvalue weighted by molar-refractivity contribution is 5.96. The first-order valence-electron chi connectivity index (χ1n) is 8.25. The van der Waals surface area contributed by atoms with E-state index in [1.807, 2.05) is 0 Å². The van der Waals surface area contributed by atoms with Crippen molar-refractivity contribution in [3.63, 3.8) is 0 Å². The van der Waals surface area contributed by atoms with Crippen molar-refractivity contribution in [2.75, 3.05) is 14.1 Å². The molecule has 0 spiro atoms. The second-order valence-electron chi connectivity index (χ2n) is 5.53. The zero-order valence-corrected chi connectivity index (χ0v) is 15.5. The van der Waals surface area contributed by atoms with E-state index in [2.05, 4.69) is 0 Å². The van der Waals surface area contributed by atoms with Crippen molar-refractivity contribution >= 4 is 36.3 Å². The van der Waals surface area contributed by atoms with E-state index in [0.29, 0.717) is 22.7 Å². The molecule has 0 radical (unpaired) electrons. The Bertz CT molecular complexity index is 702. The van der Waals surface area contributed by atoms with Crippen molar-refractivity contribution < 1.29 is 38.4 Å². The van der Waals surface area contributed by atoms with Gasteiger partial charge in [-0.25, -0.2) is 9.59 Å². The van der Waals surface area contributed by atoms with Gasteiger partial charge in [-0.05, 0) is 18.2 Å². The molecule has 0 atom stereocenters. The van der Waals surface area contributed by atoms with Crippen LogP contribution in [-0.2, 0) is 28.9 Å². The van der Waals surface area contributed by atoms with Gasteiger partial charge in [-0.3, -0.25) is 9.59 Å². The van der Waals surface area contributed by atoms with E-state index in [9.17, 15) is 28.8 Å². The van der Waals surface area contributed by atoms with Crippen LogP contribution in [0, 0.1) is 0 Å². The molecule has 2 amide bonds. The van der Waals surface area contributed by atoms with Gasteiger partial charge in [-0.15, -0.1) is 0 Å². The fourth-order valence-electron chi connectivity index (χ4n) is 1.91.